The van der Waals surface area contributed by atoms with Crippen molar-refractivity contribution in [1.29, 1.82) is 0 Å². The summed E-state index contributed by atoms with van der Waals surface area (Å²) in [7, 11) is 0. The Kier molecular flexibility index (Phi) is 4.66. The zero-order valence-electron chi connectivity index (χ0n) is 16.9. The van der Waals surface area contributed by atoms with Gasteiger partial charge in [0.05, 0.1) is 11.0 Å². The van der Waals surface area contributed by atoms with Crippen molar-refractivity contribution in [1.82, 2.24) is 0 Å². The number of rotatable bonds is 5. The zero-order chi connectivity index (χ0) is 20.8. The second kappa shape index (κ2) is 7.24. The second-order valence-electron chi connectivity index (χ2n) is 9.52. The molecule has 2 aromatic carbocycles. The van der Waals surface area contributed by atoms with E-state index in [9.17, 15) is 14.7 Å². The molecule has 1 amide bonds. The molecule has 4 aliphatic carbocycles. The van der Waals surface area contributed by atoms with Crippen molar-refractivity contribution in [3.8, 4) is 0 Å². The van der Waals surface area contributed by atoms with Gasteiger partial charge in [-0.3, -0.25) is 9.59 Å². The summed E-state index contributed by atoms with van der Waals surface area (Å²) >= 11 is 0. The first-order valence-corrected chi connectivity index (χ1v) is 10.8. The van der Waals surface area contributed by atoms with Crippen LogP contribution in [0, 0.1) is 17.3 Å². The zero-order valence-corrected chi connectivity index (χ0v) is 16.9. The summed E-state index contributed by atoms with van der Waals surface area (Å²) in [5.74, 6) is 0.0329. The first-order valence-electron chi connectivity index (χ1n) is 10.8. The molecule has 3 atom stereocenters. The minimum absolute atomic E-state index is 0.341. The number of esters is 1. The molecule has 156 valence electrons. The lowest BCUT2D eigenvalue weighted by molar-refractivity contribution is -0.200. The molecular weight excluding hydrogens is 378 g/mol. The smallest absolute Gasteiger partial charge is 0.313 e. The summed E-state index contributed by atoms with van der Waals surface area (Å²) in [4.78, 5) is 26.6. The molecule has 0 aliphatic heterocycles. The van der Waals surface area contributed by atoms with Gasteiger partial charge in [-0.15, -0.1) is 0 Å². The van der Waals surface area contributed by atoms with Crippen LogP contribution in [0.1, 0.15) is 50.2 Å². The lowest BCUT2D eigenvalue weighted by atomic mass is 9.48. The van der Waals surface area contributed by atoms with Crippen molar-refractivity contribution in [3.05, 3.63) is 66.2 Å². The van der Waals surface area contributed by atoms with E-state index in [4.69, 9.17) is 4.74 Å². The third kappa shape index (κ3) is 3.52. The summed E-state index contributed by atoms with van der Waals surface area (Å²) in [5.41, 5.74) is -0.123. The van der Waals surface area contributed by atoms with Gasteiger partial charge in [0.1, 0.15) is 0 Å². The quantitative estimate of drug-likeness (QED) is 0.730. The fourth-order valence-corrected chi connectivity index (χ4v) is 6.32. The Hall–Kier alpha value is -2.66. The van der Waals surface area contributed by atoms with Gasteiger partial charge in [0.25, 0.3) is 5.91 Å². The molecule has 0 heterocycles. The van der Waals surface area contributed by atoms with Crippen LogP contribution in [0.3, 0.4) is 0 Å². The van der Waals surface area contributed by atoms with E-state index in [0.29, 0.717) is 29.5 Å². The Balaban J connectivity index is 1.40. The van der Waals surface area contributed by atoms with E-state index in [0.717, 1.165) is 32.1 Å². The fraction of sp³-hybridized carbons (Fsp3) is 0.440. The standard InChI is InChI=1S/C25H27NO4/c27-22(26-20-9-5-2-6-10-20)21(19-7-3-1-4-8-19)30-23(28)24-12-17-11-18(13-24)15-25(29,14-17)16-24/h1-10,17-18,21,29H,11-16H2,(H,26,27). The van der Waals surface area contributed by atoms with Crippen molar-refractivity contribution >= 4 is 17.6 Å². The number of para-hydroxylation sites is 1. The van der Waals surface area contributed by atoms with Crippen LogP contribution in [0.4, 0.5) is 5.69 Å². The van der Waals surface area contributed by atoms with E-state index in [-0.39, 0.29) is 11.9 Å². The maximum atomic E-state index is 13.5. The number of hydrogen-bond acceptors (Lipinski definition) is 4. The van der Waals surface area contributed by atoms with Gasteiger partial charge in [0, 0.05) is 11.3 Å². The topological polar surface area (TPSA) is 75.6 Å². The Labute approximate surface area is 176 Å². The van der Waals surface area contributed by atoms with Gasteiger partial charge >= 0.3 is 5.97 Å². The monoisotopic (exact) mass is 405 g/mol. The lowest BCUT2D eigenvalue weighted by Gasteiger charge is -2.58. The first-order chi connectivity index (χ1) is 14.4. The fourth-order valence-electron chi connectivity index (χ4n) is 6.32. The largest absolute Gasteiger partial charge is 0.447 e. The third-order valence-corrected chi connectivity index (χ3v) is 7.07. The van der Waals surface area contributed by atoms with Gasteiger partial charge in [-0.2, -0.15) is 0 Å². The van der Waals surface area contributed by atoms with Crippen LogP contribution < -0.4 is 5.32 Å². The number of amides is 1. The molecule has 2 N–H and O–H groups in total. The summed E-state index contributed by atoms with van der Waals surface area (Å²) < 4.78 is 5.94. The average molecular weight is 405 g/mol. The number of anilines is 1. The molecule has 3 unspecified atom stereocenters. The van der Waals surface area contributed by atoms with E-state index in [1.54, 1.807) is 24.3 Å². The van der Waals surface area contributed by atoms with Crippen molar-refractivity contribution in [2.45, 2.75) is 50.2 Å². The van der Waals surface area contributed by atoms with E-state index in [2.05, 4.69) is 5.32 Å². The molecule has 0 radical (unpaired) electrons. The van der Waals surface area contributed by atoms with Crippen LogP contribution in [0.5, 0.6) is 0 Å². The van der Waals surface area contributed by atoms with Crippen LogP contribution in [0.25, 0.3) is 0 Å². The minimum atomic E-state index is -1.03. The van der Waals surface area contributed by atoms with Crippen LogP contribution in [-0.2, 0) is 14.3 Å². The maximum Gasteiger partial charge on any atom is 0.313 e. The molecule has 30 heavy (non-hydrogen) atoms. The molecular formula is C25H27NO4. The van der Waals surface area contributed by atoms with Crippen LogP contribution in [0.2, 0.25) is 0 Å². The predicted molar refractivity (Wildman–Crippen MR) is 112 cm³/mol. The van der Waals surface area contributed by atoms with Gasteiger partial charge in [0.2, 0.25) is 6.10 Å². The van der Waals surface area contributed by atoms with Gasteiger partial charge in [0.15, 0.2) is 0 Å². The Morgan fingerprint density at radius 1 is 0.933 bits per heavy atom. The number of ether oxygens (including phenoxy) is 1. The molecule has 0 spiro atoms. The molecule has 0 saturated heterocycles. The molecule has 4 saturated carbocycles. The highest BCUT2D eigenvalue weighted by Gasteiger charge is 2.61. The Morgan fingerprint density at radius 2 is 1.53 bits per heavy atom. The highest BCUT2D eigenvalue weighted by Crippen LogP contribution is 2.62. The number of nitrogens with one attached hydrogen (secondary N) is 1. The molecule has 2 aromatic rings. The third-order valence-electron chi connectivity index (χ3n) is 7.07. The number of hydrogen-bond donors (Lipinski definition) is 2. The Bertz CT molecular complexity index is 928. The Morgan fingerprint density at radius 3 is 2.13 bits per heavy atom. The molecule has 0 aromatic heterocycles. The average Bonchev–Trinajstić information content (AvgIpc) is 2.71. The highest BCUT2D eigenvalue weighted by molar-refractivity contribution is 5.96. The van der Waals surface area contributed by atoms with Gasteiger partial charge in [-0.25, -0.2) is 0 Å². The van der Waals surface area contributed by atoms with Gasteiger partial charge in [-0.05, 0) is 62.5 Å². The van der Waals surface area contributed by atoms with E-state index < -0.39 is 17.1 Å². The van der Waals surface area contributed by atoms with E-state index in [1.807, 2.05) is 36.4 Å². The SMILES string of the molecule is O=C(Nc1ccccc1)C(OC(=O)C12CC3CC(CC(O)(C3)C1)C2)c1ccccc1. The number of carbonyl (C=O) groups excluding carboxylic acids is 2. The number of benzene rings is 2. The van der Waals surface area contributed by atoms with Gasteiger partial charge < -0.3 is 15.2 Å². The molecule has 6 rings (SSSR count). The second-order valence-corrected chi connectivity index (χ2v) is 9.52. The molecule has 5 nitrogen and oxygen atoms in total. The van der Waals surface area contributed by atoms with E-state index >= 15 is 0 Å². The predicted octanol–water partition coefficient (Wildman–Crippen LogP) is 4.24. The summed E-state index contributed by atoms with van der Waals surface area (Å²) in [5, 5.41) is 13.8. The molecule has 4 aliphatic rings. The van der Waals surface area contributed by atoms with Crippen molar-refractivity contribution < 1.29 is 19.4 Å². The van der Waals surface area contributed by atoms with Crippen molar-refractivity contribution in [2.24, 2.45) is 17.3 Å². The number of carbonyl (C=O) groups is 2. The van der Waals surface area contributed by atoms with Crippen molar-refractivity contribution in [3.63, 3.8) is 0 Å². The van der Waals surface area contributed by atoms with Crippen LogP contribution in [0.15, 0.2) is 60.7 Å². The first kappa shape index (κ1) is 19.3. The molecule has 5 heteroatoms. The normalized spacial score (nSPS) is 32.4. The molecule has 4 fully saturated rings. The van der Waals surface area contributed by atoms with Gasteiger partial charge in [-0.1, -0.05) is 48.5 Å². The van der Waals surface area contributed by atoms with Crippen molar-refractivity contribution in [2.75, 3.05) is 5.32 Å². The highest BCUT2D eigenvalue weighted by atomic mass is 16.5. The van der Waals surface area contributed by atoms with Crippen LogP contribution >= 0.6 is 0 Å². The maximum absolute atomic E-state index is 13.5. The summed E-state index contributed by atoms with van der Waals surface area (Å²) in [6, 6.07) is 18.3. The minimum Gasteiger partial charge on any atom is -0.447 e. The van der Waals surface area contributed by atoms with E-state index in [1.165, 1.54) is 0 Å². The summed E-state index contributed by atoms with van der Waals surface area (Å²) in [6.07, 6.45) is 3.60. The number of aliphatic hydroxyl groups is 1. The molecule has 4 bridgehead atoms. The van der Waals surface area contributed by atoms with Crippen LogP contribution in [-0.4, -0.2) is 22.6 Å². The summed E-state index contributed by atoms with van der Waals surface area (Å²) in [6.45, 7) is 0. The lowest BCUT2D eigenvalue weighted by Crippen LogP contribution is -2.58.